The smallest absolute Gasteiger partial charge is 0.183 e. The van der Waals surface area contributed by atoms with E-state index in [4.69, 9.17) is 4.74 Å². The van der Waals surface area contributed by atoms with Crippen molar-refractivity contribution in [3.05, 3.63) is 18.2 Å². The summed E-state index contributed by atoms with van der Waals surface area (Å²) in [6.45, 7) is 3.72. The van der Waals surface area contributed by atoms with Gasteiger partial charge in [-0.2, -0.15) is 11.8 Å². The van der Waals surface area contributed by atoms with E-state index in [-0.39, 0.29) is 0 Å². The van der Waals surface area contributed by atoms with Gasteiger partial charge in [0.25, 0.3) is 0 Å². The number of thioether (sulfide) groups is 1. The molecule has 3 rings (SSSR count). The van der Waals surface area contributed by atoms with Crippen molar-refractivity contribution < 1.29 is 4.74 Å². The van der Waals surface area contributed by atoms with Crippen LogP contribution in [0.5, 0.6) is 5.75 Å². The predicted octanol–water partition coefficient (Wildman–Crippen LogP) is 4.39. The van der Waals surface area contributed by atoms with Crippen LogP contribution < -0.4 is 10.1 Å². The predicted molar refractivity (Wildman–Crippen MR) is 89.4 cm³/mol. The fourth-order valence-corrected chi connectivity index (χ4v) is 4.30. The summed E-state index contributed by atoms with van der Waals surface area (Å²) in [6, 6.07) is 6.11. The summed E-state index contributed by atoms with van der Waals surface area (Å²) < 4.78 is 7.16. The molecule has 0 amide bonds. The highest BCUT2D eigenvalue weighted by Crippen LogP contribution is 2.43. The molecule has 1 fully saturated rings. The number of nitrogens with zero attached hydrogens (tertiary/aromatic N) is 1. The van der Waals surface area contributed by atoms with Crippen molar-refractivity contribution in [2.45, 2.75) is 30.9 Å². The number of benzene rings is 1. The average Bonchev–Trinajstić information content (AvgIpc) is 2.80. The van der Waals surface area contributed by atoms with Crippen molar-refractivity contribution in [3.63, 3.8) is 0 Å². The second kappa shape index (κ2) is 5.82. The number of hydrogen-bond donors (Lipinski definition) is 1. The normalized spacial score (nSPS) is 16.9. The minimum Gasteiger partial charge on any atom is -0.494 e. The topological polar surface area (TPSA) is 34.1 Å². The van der Waals surface area contributed by atoms with Crippen LogP contribution in [0.1, 0.15) is 26.2 Å². The van der Waals surface area contributed by atoms with Gasteiger partial charge >= 0.3 is 0 Å². The zero-order valence-corrected chi connectivity index (χ0v) is 13.6. The lowest BCUT2D eigenvalue weighted by Crippen LogP contribution is -2.40. The third kappa shape index (κ3) is 2.74. The lowest BCUT2D eigenvalue weighted by Gasteiger charge is -2.40. The van der Waals surface area contributed by atoms with E-state index in [9.17, 15) is 0 Å². The first-order valence-corrected chi connectivity index (χ1v) is 9.11. The molecule has 1 aliphatic carbocycles. The van der Waals surface area contributed by atoms with Gasteiger partial charge in [-0.15, -0.1) is 0 Å². The van der Waals surface area contributed by atoms with Crippen molar-refractivity contribution in [3.8, 4) is 5.75 Å². The maximum Gasteiger partial charge on any atom is 0.183 e. The van der Waals surface area contributed by atoms with E-state index in [2.05, 4.69) is 22.6 Å². The monoisotopic (exact) mass is 308 g/mol. The number of aromatic nitrogens is 1. The Morgan fingerprint density at radius 1 is 1.45 bits per heavy atom. The highest BCUT2D eigenvalue weighted by molar-refractivity contribution is 8.00. The van der Waals surface area contributed by atoms with E-state index in [0.29, 0.717) is 11.4 Å². The quantitative estimate of drug-likeness (QED) is 0.858. The minimum atomic E-state index is 0.439. The summed E-state index contributed by atoms with van der Waals surface area (Å²) in [4.78, 5) is 4.65. The first-order valence-electron chi connectivity index (χ1n) is 7.07. The molecule has 2 aromatic rings. The summed E-state index contributed by atoms with van der Waals surface area (Å²) in [7, 11) is 0. The van der Waals surface area contributed by atoms with Crippen LogP contribution in [-0.4, -0.2) is 29.1 Å². The molecule has 1 aromatic heterocycles. The van der Waals surface area contributed by atoms with Gasteiger partial charge in [0.05, 0.1) is 16.8 Å². The molecule has 0 atom stereocenters. The van der Waals surface area contributed by atoms with Gasteiger partial charge in [-0.05, 0) is 44.2 Å². The molecular formula is C15H20N2OS2. The Labute approximate surface area is 128 Å². The Morgan fingerprint density at radius 2 is 2.30 bits per heavy atom. The maximum absolute atomic E-state index is 5.54. The Morgan fingerprint density at radius 3 is 2.95 bits per heavy atom. The Hall–Kier alpha value is -0.940. The third-order valence-corrected chi connectivity index (χ3v) is 6.32. The summed E-state index contributed by atoms with van der Waals surface area (Å²) in [5.41, 5.74) is 1.05. The maximum atomic E-state index is 5.54. The molecule has 0 radical (unpaired) electrons. The van der Waals surface area contributed by atoms with Gasteiger partial charge in [-0.25, -0.2) is 4.98 Å². The second-order valence-electron chi connectivity index (χ2n) is 5.18. The van der Waals surface area contributed by atoms with Crippen LogP contribution >= 0.6 is 23.1 Å². The van der Waals surface area contributed by atoms with Crippen LogP contribution in [-0.2, 0) is 0 Å². The van der Waals surface area contributed by atoms with E-state index in [1.807, 2.05) is 30.8 Å². The number of nitrogens with one attached hydrogen (secondary N) is 1. The molecular weight excluding hydrogens is 288 g/mol. The SMILES string of the molecule is CCOc1ccc2nc(NCC3(SC)CCC3)sc2c1. The molecule has 3 nitrogen and oxygen atoms in total. The second-order valence-corrected chi connectivity index (χ2v) is 7.48. The number of hydrogen-bond acceptors (Lipinski definition) is 5. The molecule has 0 spiro atoms. The van der Waals surface area contributed by atoms with Crippen LogP contribution in [0.2, 0.25) is 0 Å². The van der Waals surface area contributed by atoms with Crippen LogP contribution in [0.4, 0.5) is 5.13 Å². The average molecular weight is 308 g/mol. The molecule has 108 valence electrons. The fraction of sp³-hybridized carbons (Fsp3) is 0.533. The highest BCUT2D eigenvalue weighted by Gasteiger charge is 2.35. The van der Waals surface area contributed by atoms with E-state index in [1.54, 1.807) is 11.3 Å². The molecule has 0 unspecified atom stereocenters. The van der Waals surface area contributed by atoms with Crippen LogP contribution in [0.15, 0.2) is 18.2 Å². The number of thiazole rings is 1. The Bertz CT molecular complexity index is 587. The van der Waals surface area contributed by atoms with Gasteiger partial charge < -0.3 is 10.1 Å². The number of fused-ring (bicyclic) bond motifs is 1. The lowest BCUT2D eigenvalue weighted by atomic mass is 9.84. The minimum absolute atomic E-state index is 0.439. The molecule has 1 N–H and O–H groups in total. The molecule has 1 aliphatic rings. The number of anilines is 1. The first-order chi connectivity index (χ1) is 9.74. The van der Waals surface area contributed by atoms with Crippen molar-refractivity contribution in [1.29, 1.82) is 0 Å². The zero-order chi connectivity index (χ0) is 14.0. The van der Waals surface area contributed by atoms with Crippen molar-refractivity contribution >= 4 is 38.4 Å². The summed E-state index contributed by atoms with van der Waals surface area (Å²) in [5, 5.41) is 4.55. The Balaban J connectivity index is 1.72. The van der Waals surface area contributed by atoms with E-state index < -0.39 is 0 Å². The molecule has 20 heavy (non-hydrogen) atoms. The summed E-state index contributed by atoms with van der Waals surface area (Å²) in [6.07, 6.45) is 6.22. The zero-order valence-electron chi connectivity index (χ0n) is 11.9. The van der Waals surface area contributed by atoms with Crippen molar-refractivity contribution in [1.82, 2.24) is 4.98 Å². The number of ether oxygens (including phenoxy) is 1. The number of rotatable bonds is 6. The Kier molecular flexibility index (Phi) is 4.08. The third-order valence-electron chi connectivity index (χ3n) is 3.93. The van der Waals surface area contributed by atoms with Crippen LogP contribution in [0, 0.1) is 0 Å². The fourth-order valence-electron chi connectivity index (χ4n) is 2.50. The van der Waals surface area contributed by atoms with Gasteiger partial charge in [0.1, 0.15) is 5.75 Å². The van der Waals surface area contributed by atoms with Crippen molar-refractivity contribution in [2.75, 3.05) is 24.7 Å². The molecule has 0 bridgehead atoms. The largest absolute Gasteiger partial charge is 0.494 e. The lowest BCUT2D eigenvalue weighted by molar-refractivity contribution is 0.341. The van der Waals surface area contributed by atoms with Gasteiger partial charge in [0, 0.05) is 11.3 Å². The summed E-state index contributed by atoms with van der Waals surface area (Å²) >= 11 is 3.70. The first kappa shape index (κ1) is 14.0. The van der Waals surface area contributed by atoms with Crippen LogP contribution in [0.25, 0.3) is 10.2 Å². The van der Waals surface area contributed by atoms with Gasteiger partial charge in [0.2, 0.25) is 0 Å². The van der Waals surface area contributed by atoms with E-state index in [1.165, 1.54) is 24.0 Å². The molecule has 0 saturated heterocycles. The van der Waals surface area contributed by atoms with E-state index in [0.717, 1.165) is 22.9 Å². The van der Waals surface area contributed by atoms with Gasteiger partial charge in [-0.1, -0.05) is 17.8 Å². The molecule has 1 aromatic carbocycles. The van der Waals surface area contributed by atoms with Crippen molar-refractivity contribution in [2.24, 2.45) is 0 Å². The molecule has 0 aliphatic heterocycles. The summed E-state index contributed by atoms with van der Waals surface area (Å²) in [5.74, 6) is 0.926. The van der Waals surface area contributed by atoms with Gasteiger partial charge in [-0.3, -0.25) is 0 Å². The highest BCUT2D eigenvalue weighted by atomic mass is 32.2. The molecule has 1 heterocycles. The van der Waals surface area contributed by atoms with E-state index >= 15 is 0 Å². The molecule has 1 saturated carbocycles. The molecule has 5 heteroatoms. The standard InChI is InChI=1S/C15H20N2OS2/c1-3-18-11-5-6-12-13(9-11)20-14(17-12)16-10-15(19-2)7-4-8-15/h5-6,9H,3-4,7-8,10H2,1-2H3,(H,16,17). The van der Waals surface area contributed by atoms with Gasteiger partial charge in [0.15, 0.2) is 5.13 Å². The van der Waals surface area contributed by atoms with Crippen LogP contribution in [0.3, 0.4) is 0 Å².